The van der Waals surface area contributed by atoms with Gasteiger partial charge in [-0.25, -0.2) is 4.98 Å². The van der Waals surface area contributed by atoms with Crippen molar-refractivity contribution in [3.8, 4) is 5.75 Å². The Kier molecular flexibility index (Phi) is 5.23. The van der Waals surface area contributed by atoms with Crippen molar-refractivity contribution in [2.75, 3.05) is 17.7 Å². The van der Waals surface area contributed by atoms with Crippen LogP contribution in [0.4, 0.5) is 10.8 Å². The number of thiazole rings is 1. The molecule has 0 aliphatic carbocycles. The fraction of sp³-hybridized carbons (Fsp3) is 0.111. The lowest BCUT2D eigenvalue weighted by Crippen LogP contribution is -2.14. The van der Waals surface area contributed by atoms with E-state index in [4.69, 9.17) is 4.74 Å². The van der Waals surface area contributed by atoms with Gasteiger partial charge < -0.3 is 10.1 Å². The number of carbonyl (C=O) groups excluding carboxylic acids is 2. The zero-order valence-corrected chi connectivity index (χ0v) is 15.0. The van der Waals surface area contributed by atoms with E-state index in [9.17, 15) is 9.59 Å². The highest BCUT2D eigenvalue weighted by atomic mass is 32.1. The summed E-state index contributed by atoms with van der Waals surface area (Å²) >= 11 is 1.18. The Bertz CT molecular complexity index is 938. The summed E-state index contributed by atoms with van der Waals surface area (Å²) < 4.78 is 5.06. The van der Waals surface area contributed by atoms with Gasteiger partial charge in [0.1, 0.15) is 11.4 Å². The molecule has 2 N–H and O–H groups in total. The molecule has 0 radical (unpaired) electrons. The molecule has 1 aromatic carbocycles. The van der Waals surface area contributed by atoms with E-state index in [1.807, 2.05) is 6.92 Å². The van der Waals surface area contributed by atoms with Crippen LogP contribution in [0.5, 0.6) is 5.75 Å². The van der Waals surface area contributed by atoms with Crippen LogP contribution >= 0.6 is 11.3 Å². The fourth-order valence-electron chi connectivity index (χ4n) is 2.17. The van der Waals surface area contributed by atoms with E-state index in [-0.39, 0.29) is 17.5 Å². The number of nitrogens with one attached hydrogen (secondary N) is 2. The Morgan fingerprint density at radius 2 is 1.85 bits per heavy atom. The van der Waals surface area contributed by atoms with Crippen molar-refractivity contribution in [3.05, 3.63) is 64.9 Å². The van der Waals surface area contributed by atoms with Gasteiger partial charge in [-0.2, -0.15) is 0 Å². The van der Waals surface area contributed by atoms with Crippen LogP contribution in [0.1, 0.15) is 26.5 Å². The van der Waals surface area contributed by atoms with Crippen molar-refractivity contribution in [3.63, 3.8) is 0 Å². The van der Waals surface area contributed by atoms with Crippen molar-refractivity contribution < 1.29 is 14.3 Å². The van der Waals surface area contributed by atoms with Gasteiger partial charge in [0.15, 0.2) is 5.13 Å². The predicted molar refractivity (Wildman–Crippen MR) is 100.0 cm³/mol. The highest BCUT2D eigenvalue weighted by molar-refractivity contribution is 7.14. The number of aryl methyl sites for hydroxylation is 1. The summed E-state index contributed by atoms with van der Waals surface area (Å²) in [5, 5.41) is 7.37. The van der Waals surface area contributed by atoms with Crippen LogP contribution in [0.2, 0.25) is 0 Å². The summed E-state index contributed by atoms with van der Waals surface area (Å²) in [7, 11) is 1.56. The Labute approximate surface area is 154 Å². The van der Waals surface area contributed by atoms with Crippen molar-refractivity contribution >= 4 is 34.0 Å². The molecule has 2 amide bonds. The first-order valence-corrected chi connectivity index (χ1v) is 8.58. The highest BCUT2D eigenvalue weighted by Crippen LogP contribution is 2.19. The Morgan fingerprint density at radius 1 is 1.08 bits per heavy atom. The zero-order chi connectivity index (χ0) is 18.5. The van der Waals surface area contributed by atoms with E-state index in [0.717, 1.165) is 5.69 Å². The van der Waals surface area contributed by atoms with Gasteiger partial charge in [0.05, 0.1) is 7.11 Å². The number of ether oxygens (including phenoxy) is 1. The van der Waals surface area contributed by atoms with Gasteiger partial charge in [-0.05, 0) is 43.3 Å². The number of amides is 2. The third kappa shape index (κ3) is 4.22. The minimum absolute atomic E-state index is 0.231. The molecule has 3 aromatic rings. The molecule has 2 heterocycles. The van der Waals surface area contributed by atoms with Crippen molar-refractivity contribution in [1.29, 1.82) is 0 Å². The second-order valence-corrected chi connectivity index (χ2v) is 6.22. The van der Waals surface area contributed by atoms with Gasteiger partial charge in [-0.1, -0.05) is 0 Å². The summed E-state index contributed by atoms with van der Waals surface area (Å²) in [6.45, 7) is 1.84. The molecule has 0 fully saturated rings. The molecule has 7 nitrogen and oxygen atoms in total. The molecule has 3 rings (SSSR count). The number of rotatable bonds is 5. The molecule has 8 heteroatoms. The maximum Gasteiger partial charge on any atom is 0.275 e. The van der Waals surface area contributed by atoms with Crippen LogP contribution in [0.15, 0.2) is 48.0 Å². The second-order valence-electron chi connectivity index (χ2n) is 5.36. The number of anilines is 2. The van der Waals surface area contributed by atoms with E-state index in [2.05, 4.69) is 20.6 Å². The molecule has 0 bridgehead atoms. The first kappa shape index (κ1) is 17.6. The van der Waals surface area contributed by atoms with Crippen LogP contribution in [0, 0.1) is 6.92 Å². The summed E-state index contributed by atoms with van der Waals surface area (Å²) in [5.74, 6) is 0.0108. The van der Waals surface area contributed by atoms with Gasteiger partial charge >= 0.3 is 0 Å². The standard InChI is InChI=1S/C18H16N4O3S/c1-11-9-13(7-8-19-11)20-17(24)15-10-26-18(21-15)22-16(23)12-3-5-14(25-2)6-4-12/h3-10H,1-2H3,(H,19,20,24)(H,21,22,23). The molecule has 132 valence electrons. The number of hydrogen-bond donors (Lipinski definition) is 2. The molecule has 0 unspecified atom stereocenters. The molecule has 0 aliphatic rings. The van der Waals surface area contributed by atoms with Crippen LogP contribution in [-0.4, -0.2) is 28.9 Å². The Balaban J connectivity index is 1.65. The minimum Gasteiger partial charge on any atom is -0.497 e. The van der Waals surface area contributed by atoms with Gasteiger partial charge in [0.25, 0.3) is 11.8 Å². The van der Waals surface area contributed by atoms with Crippen molar-refractivity contribution in [1.82, 2.24) is 9.97 Å². The lowest BCUT2D eigenvalue weighted by molar-refractivity contribution is 0.101. The normalized spacial score (nSPS) is 10.2. The number of aromatic nitrogens is 2. The van der Waals surface area contributed by atoms with E-state index in [0.29, 0.717) is 22.1 Å². The van der Waals surface area contributed by atoms with Crippen LogP contribution < -0.4 is 15.4 Å². The molecule has 26 heavy (non-hydrogen) atoms. The molecule has 0 spiro atoms. The zero-order valence-electron chi connectivity index (χ0n) is 14.1. The van der Waals surface area contributed by atoms with Gasteiger partial charge in [0.2, 0.25) is 0 Å². The molecule has 0 saturated heterocycles. The molecular weight excluding hydrogens is 352 g/mol. The third-order valence-electron chi connectivity index (χ3n) is 3.46. The lowest BCUT2D eigenvalue weighted by Gasteiger charge is -2.04. The average molecular weight is 368 g/mol. The molecule has 0 aliphatic heterocycles. The largest absolute Gasteiger partial charge is 0.497 e. The SMILES string of the molecule is COc1ccc(C(=O)Nc2nc(C(=O)Nc3ccnc(C)c3)cs2)cc1. The topological polar surface area (TPSA) is 93.2 Å². The highest BCUT2D eigenvalue weighted by Gasteiger charge is 2.14. The maximum absolute atomic E-state index is 12.3. The van der Waals surface area contributed by atoms with Gasteiger partial charge in [-0.15, -0.1) is 11.3 Å². The summed E-state index contributed by atoms with van der Waals surface area (Å²) in [4.78, 5) is 32.7. The van der Waals surface area contributed by atoms with E-state index in [1.54, 1.807) is 55.1 Å². The lowest BCUT2D eigenvalue weighted by atomic mass is 10.2. The van der Waals surface area contributed by atoms with E-state index >= 15 is 0 Å². The van der Waals surface area contributed by atoms with Gasteiger partial charge in [0, 0.05) is 28.5 Å². The molecule has 0 saturated carbocycles. The number of methoxy groups -OCH3 is 1. The van der Waals surface area contributed by atoms with Crippen LogP contribution in [0.3, 0.4) is 0 Å². The third-order valence-corrected chi connectivity index (χ3v) is 4.22. The maximum atomic E-state index is 12.3. The number of carbonyl (C=O) groups is 2. The van der Waals surface area contributed by atoms with Crippen LogP contribution in [-0.2, 0) is 0 Å². The predicted octanol–water partition coefficient (Wildman–Crippen LogP) is 3.36. The first-order chi connectivity index (χ1) is 12.5. The molecular formula is C18H16N4O3S. The monoisotopic (exact) mass is 368 g/mol. The molecule has 2 aromatic heterocycles. The fourth-order valence-corrected chi connectivity index (χ4v) is 2.85. The number of pyridine rings is 1. The Hall–Kier alpha value is -3.26. The average Bonchev–Trinajstić information content (AvgIpc) is 3.10. The first-order valence-electron chi connectivity index (χ1n) is 7.70. The van der Waals surface area contributed by atoms with Crippen molar-refractivity contribution in [2.45, 2.75) is 6.92 Å². The van der Waals surface area contributed by atoms with Crippen molar-refractivity contribution in [2.24, 2.45) is 0 Å². The Morgan fingerprint density at radius 3 is 2.54 bits per heavy atom. The summed E-state index contributed by atoms with van der Waals surface area (Å²) in [6.07, 6.45) is 1.62. The number of nitrogens with zero attached hydrogens (tertiary/aromatic N) is 2. The molecule has 0 atom stereocenters. The summed E-state index contributed by atoms with van der Waals surface area (Å²) in [5.41, 5.74) is 2.14. The quantitative estimate of drug-likeness (QED) is 0.720. The second kappa shape index (κ2) is 7.75. The minimum atomic E-state index is -0.350. The van der Waals surface area contributed by atoms with Crippen LogP contribution in [0.25, 0.3) is 0 Å². The van der Waals surface area contributed by atoms with E-state index < -0.39 is 0 Å². The number of benzene rings is 1. The smallest absolute Gasteiger partial charge is 0.275 e. The van der Waals surface area contributed by atoms with Gasteiger partial charge in [-0.3, -0.25) is 19.9 Å². The van der Waals surface area contributed by atoms with E-state index in [1.165, 1.54) is 11.3 Å². The summed E-state index contributed by atoms with van der Waals surface area (Å²) in [6, 6.07) is 10.2. The number of hydrogen-bond acceptors (Lipinski definition) is 6.